The van der Waals surface area contributed by atoms with Crippen LogP contribution in [0.1, 0.15) is 15.2 Å². The molecule has 84 valence electrons. The summed E-state index contributed by atoms with van der Waals surface area (Å²) in [5.41, 5.74) is -1.67. The van der Waals surface area contributed by atoms with Gasteiger partial charge in [-0.3, -0.25) is 9.78 Å². The molecule has 0 amide bonds. The smallest absolute Gasteiger partial charge is 0.362 e. The number of fused-ring (bicyclic) bond motifs is 1. The molecule has 2 rings (SSSR count). The molecule has 0 saturated carbocycles. The molecular weight excluding hydrogens is 236 g/mol. The molecule has 16 heavy (non-hydrogen) atoms. The normalized spacial score (nSPS) is 10.8. The van der Waals surface area contributed by atoms with Gasteiger partial charge in [0.05, 0.1) is 5.39 Å². The minimum absolute atomic E-state index is 0.0181. The van der Waals surface area contributed by atoms with Gasteiger partial charge >= 0.3 is 11.7 Å². The summed E-state index contributed by atoms with van der Waals surface area (Å²) in [4.78, 5) is 35.7. The standard InChI is InChI=1S/C8H6N2O5S/c1-2-3-5(16-4(2)7(12)13)9-8(14)10(15)6(3)11/h15H,1H3,(H,9,14)(H,12,13). The number of carboxylic acids is 1. The molecule has 8 heteroatoms. The van der Waals surface area contributed by atoms with Crippen LogP contribution in [-0.4, -0.2) is 26.0 Å². The molecule has 0 aliphatic heterocycles. The maximum absolute atomic E-state index is 11.5. The number of carboxylic acid groups (broad SMARTS) is 1. The number of aromatic carboxylic acids is 1. The molecule has 0 spiro atoms. The van der Waals surface area contributed by atoms with Gasteiger partial charge in [0.15, 0.2) is 0 Å². The lowest BCUT2D eigenvalue weighted by atomic mass is 10.2. The number of nitrogens with zero attached hydrogens (tertiary/aromatic N) is 1. The van der Waals surface area contributed by atoms with Crippen molar-refractivity contribution < 1.29 is 15.1 Å². The molecule has 0 aliphatic carbocycles. The van der Waals surface area contributed by atoms with Crippen LogP contribution < -0.4 is 11.2 Å². The van der Waals surface area contributed by atoms with Crippen molar-refractivity contribution in [3.8, 4) is 0 Å². The number of rotatable bonds is 1. The average molecular weight is 242 g/mol. The van der Waals surface area contributed by atoms with E-state index in [0.717, 1.165) is 11.3 Å². The number of hydrogen-bond acceptors (Lipinski definition) is 5. The first-order valence-corrected chi connectivity index (χ1v) is 4.96. The largest absolute Gasteiger partial charge is 0.477 e. The Morgan fingerprint density at radius 2 is 2.06 bits per heavy atom. The zero-order valence-electron chi connectivity index (χ0n) is 7.97. The lowest BCUT2D eigenvalue weighted by Crippen LogP contribution is -2.32. The van der Waals surface area contributed by atoms with Crippen molar-refractivity contribution in [3.63, 3.8) is 0 Å². The van der Waals surface area contributed by atoms with Gasteiger partial charge in [-0.1, -0.05) is 4.73 Å². The van der Waals surface area contributed by atoms with Gasteiger partial charge in [0.1, 0.15) is 9.71 Å². The Kier molecular flexibility index (Phi) is 2.09. The molecule has 3 N–H and O–H groups in total. The van der Waals surface area contributed by atoms with E-state index in [1.165, 1.54) is 6.92 Å². The minimum Gasteiger partial charge on any atom is -0.477 e. The Balaban J connectivity index is 3.05. The molecule has 0 bridgehead atoms. The number of aromatic amines is 1. The van der Waals surface area contributed by atoms with Crippen molar-refractivity contribution in [1.82, 2.24) is 9.71 Å². The molecule has 0 radical (unpaired) electrons. The first-order valence-electron chi connectivity index (χ1n) is 4.14. The van der Waals surface area contributed by atoms with Gasteiger partial charge in [-0.25, -0.2) is 9.59 Å². The highest BCUT2D eigenvalue weighted by Crippen LogP contribution is 2.25. The number of nitrogens with one attached hydrogen (secondary N) is 1. The topological polar surface area (TPSA) is 112 Å². The van der Waals surface area contributed by atoms with E-state index in [9.17, 15) is 14.4 Å². The SMILES string of the molecule is Cc1c(C(=O)O)sc2[nH]c(=O)n(O)c(=O)c12. The minimum atomic E-state index is -1.18. The van der Waals surface area contributed by atoms with E-state index in [1.807, 2.05) is 0 Å². The van der Waals surface area contributed by atoms with E-state index < -0.39 is 17.2 Å². The van der Waals surface area contributed by atoms with E-state index in [4.69, 9.17) is 10.3 Å². The first kappa shape index (κ1) is 10.4. The molecule has 0 saturated heterocycles. The van der Waals surface area contributed by atoms with Crippen LogP contribution in [0.25, 0.3) is 10.2 Å². The molecule has 0 aromatic carbocycles. The predicted octanol–water partition coefficient (Wildman–Crippen LogP) is -0.00478. The van der Waals surface area contributed by atoms with E-state index in [1.54, 1.807) is 0 Å². The van der Waals surface area contributed by atoms with Crippen molar-refractivity contribution in [2.45, 2.75) is 6.92 Å². The number of H-pyrrole nitrogens is 1. The molecule has 2 aromatic heterocycles. The number of thiophene rings is 1. The van der Waals surface area contributed by atoms with Gasteiger partial charge in [0, 0.05) is 0 Å². The monoisotopic (exact) mass is 242 g/mol. The maximum Gasteiger partial charge on any atom is 0.362 e. The zero-order valence-corrected chi connectivity index (χ0v) is 8.79. The fraction of sp³-hybridized carbons (Fsp3) is 0.125. The summed E-state index contributed by atoms with van der Waals surface area (Å²) in [5, 5.41) is 18.0. The fourth-order valence-electron chi connectivity index (χ4n) is 1.41. The quantitative estimate of drug-likeness (QED) is 0.609. The van der Waals surface area contributed by atoms with Crippen molar-refractivity contribution in [2.24, 2.45) is 0 Å². The van der Waals surface area contributed by atoms with Crippen LogP contribution >= 0.6 is 11.3 Å². The highest BCUT2D eigenvalue weighted by atomic mass is 32.1. The molecular formula is C8H6N2O5S. The number of carbonyl (C=O) groups is 1. The average Bonchev–Trinajstić information content (AvgIpc) is 2.52. The fourth-order valence-corrected chi connectivity index (χ4v) is 2.44. The zero-order chi connectivity index (χ0) is 12.0. The predicted molar refractivity (Wildman–Crippen MR) is 55.6 cm³/mol. The molecule has 7 nitrogen and oxygen atoms in total. The number of aromatic nitrogens is 2. The van der Waals surface area contributed by atoms with Crippen molar-refractivity contribution in [1.29, 1.82) is 0 Å². The Bertz CT molecular complexity index is 708. The van der Waals surface area contributed by atoms with E-state index in [0.29, 0.717) is 0 Å². The van der Waals surface area contributed by atoms with E-state index in [-0.39, 0.29) is 25.4 Å². The lowest BCUT2D eigenvalue weighted by molar-refractivity contribution is 0.0701. The van der Waals surface area contributed by atoms with Gasteiger partial charge in [-0.05, 0) is 12.5 Å². The maximum atomic E-state index is 11.5. The van der Waals surface area contributed by atoms with Crippen molar-refractivity contribution in [3.05, 3.63) is 31.3 Å². The van der Waals surface area contributed by atoms with Gasteiger partial charge in [-0.2, -0.15) is 0 Å². The highest BCUT2D eigenvalue weighted by Gasteiger charge is 2.19. The first-order chi connectivity index (χ1) is 7.43. The summed E-state index contributed by atoms with van der Waals surface area (Å²) in [6.45, 7) is 1.45. The van der Waals surface area contributed by atoms with Crippen molar-refractivity contribution in [2.75, 3.05) is 0 Å². The third-order valence-corrected chi connectivity index (χ3v) is 3.36. The van der Waals surface area contributed by atoms with E-state index in [2.05, 4.69) is 4.98 Å². The van der Waals surface area contributed by atoms with Gasteiger partial charge in [0.2, 0.25) is 0 Å². The summed E-state index contributed by atoms with van der Waals surface area (Å²) >= 11 is 0.789. The number of hydrogen-bond donors (Lipinski definition) is 3. The second-order valence-corrected chi connectivity index (χ2v) is 4.13. The van der Waals surface area contributed by atoms with E-state index >= 15 is 0 Å². The summed E-state index contributed by atoms with van der Waals surface area (Å²) < 4.78 is -0.0757. The molecule has 2 heterocycles. The second-order valence-electron chi connectivity index (χ2n) is 3.11. The van der Waals surface area contributed by atoms with Gasteiger partial charge < -0.3 is 10.3 Å². The lowest BCUT2D eigenvalue weighted by Gasteiger charge is -1.94. The third kappa shape index (κ3) is 1.23. The van der Waals surface area contributed by atoms with Gasteiger partial charge in [0.25, 0.3) is 5.56 Å². The van der Waals surface area contributed by atoms with Crippen LogP contribution in [0.5, 0.6) is 0 Å². The molecule has 0 atom stereocenters. The van der Waals surface area contributed by atoms with Gasteiger partial charge in [-0.15, -0.1) is 11.3 Å². The third-order valence-electron chi connectivity index (χ3n) is 2.16. The Labute approximate surface area is 91.2 Å². The Morgan fingerprint density at radius 3 is 2.62 bits per heavy atom. The molecule has 2 aromatic rings. The van der Waals surface area contributed by atoms with Crippen LogP contribution in [0.4, 0.5) is 0 Å². The summed E-state index contributed by atoms with van der Waals surface area (Å²) in [5.74, 6) is -1.18. The highest BCUT2D eigenvalue weighted by molar-refractivity contribution is 7.20. The molecule has 0 unspecified atom stereocenters. The Hall–Kier alpha value is -2.09. The van der Waals surface area contributed by atoms with Crippen LogP contribution in [0, 0.1) is 6.92 Å². The molecule has 0 aliphatic rings. The Morgan fingerprint density at radius 1 is 1.44 bits per heavy atom. The van der Waals surface area contributed by atoms with Crippen LogP contribution in [-0.2, 0) is 0 Å². The number of aryl methyl sites for hydroxylation is 1. The summed E-state index contributed by atoms with van der Waals surface area (Å²) in [6.07, 6.45) is 0. The van der Waals surface area contributed by atoms with Crippen LogP contribution in [0.3, 0.4) is 0 Å². The summed E-state index contributed by atoms with van der Waals surface area (Å²) in [7, 11) is 0. The van der Waals surface area contributed by atoms with Crippen LogP contribution in [0.15, 0.2) is 9.59 Å². The summed E-state index contributed by atoms with van der Waals surface area (Å²) in [6, 6.07) is 0. The molecule has 0 fully saturated rings. The second kappa shape index (κ2) is 3.20. The van der Waals surface area contributed by atoms with Crippen molar-refractivity contribution >= 4 is 27.5 Å². The van der Waals surface area contributed by atoms with Crippen LogP contribution in [0.2, 0.25) is 0 Å².